The number of aliphatic hydroxyl groups excluding tert-OH is 1. The molecule has 5 nitrogen and oxygen atoms in total. The fourth-order valence-electron chi connectivity index (χ4n) is 2.06. The number of methoxy groups -OCH3 is 2. The van der Waals surface area contributed by atoms with Crippen LogP contribution in [0.5, 0.6) is 11.5 Å². The highest BCUT2D eigenvalue weighted by Crippen LogP contribution is 2.28. The van der Waals surface area contributed by atoms with Crippen molar-refractivity contribution in [3.05, 3.63) is 54.1 Å². The highest BCUT2D eigenvalue weighted by atomic mass is 32.1. The zero-order valence-corrected chi connectivity index (χ0v) is 13.9. The molecule has 3 N–H and O–H groups in total. The van der Waals surface area contributed by atoms with Crippen LogP contribution in [0.1, 0.15) is 11.7 Å². The minimum absolute atomic E-state index is 0.308. The van der Waals surface area contributed by atoms with Crippen molar-refractivity contribution in [2.24, 2.45) is 0 Å². The van der Waals surface area contributed by atoms with Crippen molar-refractivity contribution in [2.75, 3.05) is 26.1 Å². The second-order valence-electron chi connectivity index (χ2n) is 4.83. The Balaban J connectivity index is 1.94. The summed E-state index contributed by atoms with van der Waals surface area (Å²) in [6, 6.07) is 14.8. The molecule has 2 rings (SSSR count). The molecule has 0 radical (unpaired) electrons. The number of ether oxygens (including phenoxy) is 2. The lowest BCUT2D eigenvalue weighted by molar-refractivity contribution is 0.181. The van der Waals surface area contributed by atoms with Gasteiger partial charge >= 0.3 is 0 Å². The minimum Gasteiger partial charge on any atom is -0.497 e. The molecule has 1 atom stereocenters. The first kappa shape index (κ1) is 17.1. The molecule has 23 heavy (non-hydrogen) atoms. The van der Waals surface area contributed by atoms with E-state index in [1.54, 1.807) is 32.4 Å². The molecule has 2 aromatic rings. The Morgan fingerprint density at radius 3 is 2.52 bits per heavy atom. The Kier molecular flexibility index (Phi) is 6.19. The molecule has 0 amide bonds. The maximum absolute atomic E-state index is 10.1. The van der Waals surface area contributed by atoms with Gasteiger partial charge < -0.3 is 25.2 Å². The highest BCUT2D eigenvalue weighted by Gasteiger charge is 2.10. The maximum atomic E-state index is 10.1. The molecule has 0 aliphatic carbocycles. The van der Waals surface area contributed by atoms with E-state index in [-0.39, 0.29) is 0 Å². The summed E-state index contributed by atoms with van der Waals surface area (Å²) in [6.45, 7) is 0.308. The van der Waals surface area contributed by atoms with Gasteiger partial charge in [-0.05, 0) is 29.9 Å². The molecular formula is C17H20N2O3S. The number of hydrogen-bond acceptors (Lipinski definition) is 4. The molecule has 0 aliphatic rings. The zero-order valence-electron chi connectivity index (χ0n) is 13.1. The van der Waals surface area contributed by atoms with Crippen molar-refractivity contribution in [2.45, 2.75) is 6.10 Å². The third-order valence-corrected chi connectivity index (χ3v) is 3.54. The first-order chi connectivity index (χ1) is 11.1. The predicted molar refractivity (Wildman–Crippen MR) is 95.2 cm³/mol. The summed E-state index contributed by atoms with van der Waals surface area (Å²) in [5.41, 5.74) is 1.53. The van der Waals surface area contributed by atoms with Crippen molar-refractivity contribution < 1.29 is 14.6 Å². The van der Waals surface area contributed by atoms with Gasteiger partial charge in [0.25, 0.3) is 0 Å². The summed E-state index contributed by atoms with van der Waals surface area (Å²) in [4.78, 5) is 0. The van der Waals surface area contributed by atoms with Gasteiger partial charge in [0.15, 0.2) is 5.11 Å². The summed E-state index contributed by atoms with van der Waals surface area (Å²) in [7, 11) is 3.18. The Bertz CT molecular complexity index is 650. The van der Waals surface area contributed by atoms with E-state index < -0.39 is 6.10 Å². The van der Waals surface area contributed by atoms with E-state index in [1.165, 1.54) is 0 Å². The van der Waals surface area contributed by atoms with Gasteiger partial charge in [-0.3, -0.25) is 0 Å². The number of benzene rings is 2. The third-order valence-electron chi connectivity index (χ3n) is 3.30. The first-order valence-electron chi connectivity index (χ1n) is 7.14. The average molecular weight is 332 g/mol. The Labute approximate surface area is 141 Å². The Morgan fingerprint density at radius 1 is 1.13 bits per heavy atom. The van der Waals surface area contributed by atoms with Gasteiger partial charge in [-0.15, -0.1) is 0 Å². The van der Waals surface area contributed by atoms with Gasteiger partial charge in [-0.2, -0.15) is 0 Å². The number of thiocarbonyl (C=S) groups is 1. The van der Waals surface area contributed by atoms with Crippen molar-refractivity contribution in [3.63, 3.8) is 0 Å². The van der Waals surface area contributed by atoms with Crippen LogP contribution in [0.25, 0.3) is 0 Å². The van der Waals surface area contributed by atoms with Crippen LogP contribution >= 0.6 is 12.2 Å². The average Bonchev–Trinajstić information content (AvgIpc) is 2.60. The van der Waals surface area contributed by atoms with Crippen LogP contribution in [0.15, 0.2) is 48.5 Å². The molecular weight excluding hydrogens is 312 g/mol. The number of anilines is 1. The summed E-state index contributed by atoms with van der Waals surface area (Å²) in [5.74, 6) is 1.35. The van der Waals surface area contributed by atoms with Crippen LogP contribution in [0, 0.1) is 0 Å². The van der Waals surface area contributed by atoms with Gasteiger partial charge in [0.2, 0.25) is 0 Å². The molecule has 0 heterocycles. The largest absolute Gasteiger partial charge is 0.497 e. The molecule has 0 fully saturated rings. The van der Waals surface area contributed by atoms with E-state index in [4.69, 9.17) is 21.7 Å². The normalized spacial score (nSPS) is 11.4. The molecule has 6 heteroatoms. The molecule has 0 aliphatic heterocycles. The van der Waals surface area contributed by atoms with Crippen molar-refractivity contribution >= 4 is 23.0 Å². The first-order valence-corrected chi connectivity index (χ1v) is 7.54. The van der Waals surface area contributed by atoms with Gasteiger partial charge in [-0.1, -0.05) is 30.3 Å². The van der Waals surface area contributed by atoms with E-state index in [9.17, 15) is 5.11 Å². The van der Waals surface area contributed by atoms with E-state index in [2.05, 4.69) is 10.6 Å². The second-order valence-corrected chi connectivity index (χ2v) is 5.24. The molecule has 0 unspecified atom stereocenters. The van der Waals surface area contributed by atoms with Gasteiger partial charge in [0.1, 0.15) is 11.5 Å². The highest BCUT2D eigenvalue weighted by molar-refractivity contribution is 7.80. The summed E-state index contributed by atoms with van der Waals surface area (Å²) >= 11 is 5.26. The predicted octanol–water partition coefficient (Wildman–Crippen LogP) is 2.72. The standard InChI is InChI=1S/C17H20N2O3S/c1-21-13-8-9-16(22-2)14(10-13)19-17(23)18-11-15(20)12-6-4-3-5-7-12/h3-10,15,20H,11H2,1-2H3,(H2,18,19,23)/t15-/m1/s1. The van der Waals surface area contributed by atoms with E-state index in [0.717, 1.165) is 5.56 Å². The maximum Gasteiger partial charge on any atom is 0.170 e. The van der Waals surface area contributed by atoms with Gasteiger partial charge in [-0.25, -0.2) is 0 Å². The van der Waals surface area contributed by atoms with Crippen LogP contribution in [-0.2, 0) is 0 Å². The Morgan fingerprint density at radius 2 is 1.87 bits per heavy atom. The number of nitrogens with one attached hydrogen (secondary N) is 2. The van der Waals surface area contributed by atoms with Crippen molar-refractivity contribution in [3.8, 4) is 11.5 Å². The molecule has 0 saturated carbocycles. The Hall–Kier alpha value is -2.31. The number of rotatable bonds is 6. The fraction of sp³-hybridized carbons (Fsp3) is 0.235. The molecule has 0 bridgehead atoms. The van der Waals surface area contributed by atoms with Gasteiger partial charge in [0, 0.05) is 12.6 Å². The summed E-state index contributed by atoms with van der Waals surface area (Å²) in [6.07, 6.45) is -0.636. The van der Waals surface area contributed by atoms with E-state index in [0.29, 0.717) is 28.8 Å². The second kappa shape index (κ2) is 8.36. The third kappa shape index (κ3) is 4.84. The number of aliphatic hydroxyl groups is 1. The monoisotopic (exact) mass is 332 g/mol. The van der Waals surface area contributed by atoms with Crippen LogP contribution in [0.2, 0.25) is 0 Å². The smallest absolute Gasteiger partial charge is 0.170 e. The SMILES string of the molecule is COc1ccc(OC)c(NC(=S)NC[C@@H](O)c2ccccc2)c1. The van der Waals surface area contributed by atoms with Crippen molar-refractivity contribution in [1.82, 2.24) is 5.32 Å². The van der Waals surface area contributed by atoms with Crippen LogP contribution in [0.3, 0.4) is 0 Å². The molecule has 0 saturated heterocycles. The number of hydrogen-bond donors (Lipinski definition) is 3. The quantitative estimate of drug-likeness (QED) is 0.707. The lowest BCUT2D eigenvalue weighted by atomic mass is 10.1. The molecule has 2 aromatic carbocycles. The van der Waals surface area contributed by atoms with Crippen LogP contribution in [0.4, 0.5) is 5.69 Å². The van der Waals surface area contributed by atoms with Crippen molar-refractivity contribution in [1.29, 1.82) is 0 Å². The topological polar surface area (TPSA) is 62.8 Å². The fourth-order valence-corrected chi connectivity index (χ4v) is 2.25. The summed E-state index contributed by atoms with van der Waals surface area (Å²) < 4.78 is 10.5. The van der Waals surface area contributed by atoms with Crippen LogP contribution < -0.4 is 20.1 Å². The van der Waals surface area contributed by atoms with Gasteiger partial charge in [0.05, 0.1) is 26.0 Å². The molecule has 0 aromatic heterocycles. The minimum atomic E-state index is -0.636. The summed E-state index contributed by atoms with van der Waals surface area (Å²) in [5, 5.41) is 16.6. The lowest BCUT2D eigenvalue weighted by Crippen LogP contribution is -2.32. The van der Waals surface area contributed by atoms with E-state index in [1.807, 2.05) is 30.3 Å². The van der Waals surface area contributed by atoms with E-state index >= 15 is 0 Å². The lowest BCUT2D eigenvalue weighted by Gasteiger charge is -2.16. The molecule has 0 spiro atoms. The van der Waals surface area contributed by atoms with Crippen LogP contribution in [-0.4, -0.2) is 31.0 Å². The molecule has 122 valence electrons. The zero-order chi connectivity index (χ0) is 16.7.